The Kier molecular flexibility index (Phi) is 5.62. The van der Waals surface area contributed by atoms with Gasteiger partial charge in [-0.15, -0.1) is 11.3 Å². The highest BCUT2D eigenvalue weighted by Crippen LogP contribution is 2.22. The van der Waals surface area contributed by atoms with Crippen LogP contribution in [-0.4, -0.2) is 20.2 Å². The molecule has 0 aliphatic rings. The summed E-state index contributed by atoms with van der Waals surface area (Å²) in [6.07, 6.45) is 3.18. The van der Waals surface area contributed by atoms with Gasteiger partial charge in [-0.25, -0.2) is 0 Å². The fourth-order valence-electron chi connectivity index (χ4n) is 2.38. The SMILES string of the molecule is CCc1ccc(CC(Cc2ccccc2OC)NC)s1. The summed E-state index contributed by atoms with van der Waals surface area (Å²) in [6, 6.07) is 13.2. The third-order valence-electron chi connectivity index (χ3n) is 3.58. The lowest BCUT2D eigenvalue weighted by Gasteiger charge is -2.17. The van der Waals surface area contributed by atoms with Crippen LogP contribution in [-0.2, 0) is 19.3 Å². The van der Waals surface area contributed by atoms with E-state index in [1.54, 1.807) is 7.11 Å². The molecule has 2 nitrogen and oxygen atoms in total. The van der Waals surface area contributed by atoms with Crippen molar-refractivity contribution < 1.29 is 4.74 Å². The molecule has 0 saturated heterocycles. The molecule has 0 amide bonds. The Balaban J connectivity index is 2.05. The van der Waals surface area contributed by atoms with Crippen LogP contribution in [0.25, 0.3) is 0 Å². The third kappa shape index (κ3) is 3.84. The minimum Gasteiger partial charge on any atom is -0.496 e. The minimum atomic E-state index is 0.439. The molecule has 0 spiro atoms. The Labute approximate surface area is 125 Å². The van der Waals surface area contributed by atoms with Crippen LogP contribution in [0.1, 0.15) is 22.2 Å². The van der Waals surface area contributed by atoms with Gasteiger partial charge in [-0.3, -0.25) is 0 Å². The van der Waals surface area contributed by atoms with Crippen LogP contribution >= 0.6 is 11.3 Å². The van der Waals surface area contributed by atoms with E-state index in [-0.39, 0.29) is 0 Å². The highest BCUT2D eigenvalue weighted by atomic mass is 32.1. The van der Waals surface area contributed by atoms with Crippen molar-refractivity contribution in [3.05, 3.63) is 51.7 Å². The van der Waals surface area contributed by atoms with E-state index in [0.29, 0.717) is 6.04 Å². The number of aryl methyl sites for hydroxylation is 1. The van der Waals surface area contributed by atoms with E-state index in [1.165, 1.54) is 15.3 Å². The summed E-state index contributed by atoms with van der Waals surface area (Å²) in [5.41, 5.74) is 1.27. The second-order valence-corrected chi connectivity index (χ2v) is 6.18. The van der Waals surface area contributed by atoms with Crippen LogP contribution in [0.3, 0.4) is 0 Å². The van der Waals surface area contributed by atoms with Gasteiger partial charge in [0.25, 0.3) is 0 Å². The molecule has 1 unspecified atom stereocenters. The lowest BCUT2D eigenvalue weighted by atomic mass is 10.0. The summed E-state index contributed by atoms with van der Waals surface area (Å²) in [7, 11) is 3.77. The number of para-hydroxylation sites is 1. The average molecular weight is 289 g/mol. The van der Waals surface area contributed by atoms with E-state index >= 15 is 0 Å². The number of nitrogens with one attached hydrogen (secondary N) is 1. The molecule has 1 atom stereocenters. The first kappa shape index (κ1) is 15.1. The van der Waals surface area contributed by atoms with E-state index in [2.05, 4.69) is 36.5 Å². The van der Waals surface area contributed by atoms with Gasteiger partial charge in [-0.2, -0.15) is 0 Å². The van der Waals surface area contributed by atoms with Gasteiger partial charge in [0.2, 0.25) is 0 Å². The van der Waals surface area contributed by atoms with Gasteiger partial charge in [0, 0.05) is 15.8 Å². The smallest absolute Gasteiger partial charge is 0.122 e. The van der Waals surface area contributed by atoms with Crippen molar-refractivity contribution in [3.63, 3.8) is 0 Å². The molecular weight excluding hydrogens is 266 g/mol. The lowest BCUT2D eigenvalue weighted by Crippen LogP contribution is -2.29. The topological polar surface area (TPSA) is 21.3 Å². The Morgan fingerprint density at radius 2 is 1.85 bits per heavy atom. The molecule has 0 aliphatic carbocycles. The maximum atomic E-state index is 5.44. The number of methoxy groups -OCH3 is 1. The zero-order valence-electron chi connectivity index (χ0n) is 12.5. The van der Waals surface area contributed by atoms with Gasteiger partial charge < -0.3 is 10.1 Å². The predicted molar refractivity (Wildman–Crippen MR) is 86.9 cm³/mol. The molecule has 0 radical (unpaired) electrons. The minimum absolute atomic E-state index is 0.439. The number of rotatable bonds is 7. The summed E-state index contributed by atoms with van der Waals surface area (Å²) in [5, 5.41) is 3.43. The first-order chi connectivity index (χ1) is 9.76. The van der Waals surface area contributed by atoms with Crippen molar-refractivity contribution in [2.75, 3.05) is 14.2 Å². The van der Waals surface area contributed by atoms with Gasteiger partial charge in [-0.1, -0.05) is 25.1 Å². The van der Waals surface area contributed by atoms with Crippen LogP contribution in [0.4, 0.5) is 0 Å². The molecule has 1 aromatic carbocycles. The van der Waals surface area contributed by atoms with Gasteiger partial charge in [-0.05, 0) is 50.1 Å². The summed E-state index contributed by atoms with van der Waals surface area (Å²) >= 11 is 1.93. The molecule has 20 heavy (non-hydrogen) atoms. The molecule has 2 aromatic rings. The molecule has 1 aromatic heterocycles. The normalized spacial score (nSPS) is 12.3. The highest BCUT2D eigenvalue weighted by molar-refractivity contribution is 7.11. The van der Waals surface area contributed by atoms with E-state index < -0.39 is 0 Å². The second kappa shape index (κ2) is 7.46. The quantitative estimate of drug-likeness (QED) is 0.839. The van der Waals surface area contributed by atoms with Gasteiger partial charge in [0.15, 0.2) is 0 Å². The van der Waals surface area contributed by atoms with Crippen molar-refractivity contribution in [1.82, 2.24) is 5.32 Å². The number of thiophene rings is 1. The van der Waals surface area contributed by atoms with Crippen molar-refractivity contribution in [1.29, 1.82) is 0 Å². The lowest BCUT2D eigenvalue weighted by molar-refractivity contribution is 0.406. The van der Waals surface area contributed by atoms with Crippen molar-refractivity contribution in [3.8, 4) is 5.75 Å². The van der Waals surface area contributed by atoms with Crippen LogP contribution in [0.5, 0.6) is 5.75 Å². The van der Waals surface area contributed by atoms with Crippen LogP contribution in [0.15, 0.2) is 36.4 Å². The Morgan fingerprint density at radius 3 is 2.50 bits per heavy atom. The van der Waals surface area contributed by atoms with E-state index in [0.717, 1.165) is 25.0 Å². The zero-order valence-corrected chi connectivity index (χ0v) is 13.3. The number of benzene rings is 1. The molecule has 3 heteroatoms. The largest absolute Gasteiger partial charge is 0.496 e. The molecule has 2 rings (SSSR count). The average Bonchev–Trinajstić information content (AvgIpc) is 2.94. The first-order valence-electron chi connectivity index (χ1n) is 7.13. The van der Waals surface area contributed by atoms with Gasteiger partial charge in [0.05, 0.1) is 7.11 Å². The number of likely N-dealkylation sites (N-methyl/N-ethyl adjacent to an activating group) is 1. The third-order valence-corrected chi connectivity index (χ3v) is 4.83. The molecule has 108 valence electrons. The van der Waals surface area contributed by atoms with Crippen LogP contribution < -0.4 is 10.1 Å². The fourth-order valence-corrected chi connectivity index (χ4v) is 3.42. The van der Waals surface area contributed by atoms with Gasteiger partial charge >= 0.3 is 0 Å². The van der Waals surface area contributed by atoms with Crippen LogP contribution in [0, 0.1) is 0 Å². The summed E-state index contributed by atoms with van der Waals surface area (Å²) in [6.45, 7) is 2.21. The Hall–Kier alpha value is -1.32. The fraction of sp³-hybridized carbons (Fsp3) is 0.412. The van der Waals surface area contributed by atoms with E-state index in [1.807, 2.05) is 30.5 Å². The van der Waals surface area contributed by atoms with E-state index in [4.69, 9.17) is 4.74 Å². The number of hydrogen-bond donors (Lipinski definition) is 1. The molecule has 0 saturated carbocycles. The second-order valence-electron chi connectivity index (χ2n) is 4.93. The molecule has 0 aliphatic heterocycles. The maximum absolute atomic E-state index is 5.44. The molecule has 0 bridgehead atoms. The first-order valence-corrected chi connectivity index (χ1v) is 7.95. The molecule has 1 N–H and O–H groups in total. The summed E-state index contributed by atoms with van der Waals surface area (Å²) in [5.74, 6) is 0.980. The zero-order chi connectivity index (χ0) is 14.4. The number of ether oxygens (including phenoxy) is 1. The van der Waals surface area contributed by atoms with Gasteiger partial charge in [0.1, 0.15) is 5.75 Å². The molecular formula is C17H23NOS. The summed E-state index contributed by atoms with van der Waals surface area (Å²) in [4.78, 5) is 2.92. The van der Waals surface area contributed by atoms with Crippen molar-refractivity contribution in [2.24, 2.45) is 0 Å². The molecule has 0 fully saturated rings. The number of hydrogen-bond acceptors (Lipinski definition) is 3. The molecule has 1 heterocycles. The summed E-state index contributed by atoms with van der Waals surface area (Å²) < 4.78 is 5.44. The highest BCUT2D eigenvalue weighted by Gasteiger charge is 2.12. The Bertz CT molecular complexity index is 535. The monoisotopic (exact) mass is 289 g/mol. The van der Waals surface area contributed by atoms with Crippen molar-refractivity contribution in [2.45, 2.75) is 32.2 Å². The van der Waals surface area contributed by atoms with E-state index in [9.17, 15) is 0 Å². The predicted octanol–water partition coefficient (Wildman–Crippen LogP) is 3.69. The van der Waals surface area contributed by atoms with Crippen LogP contribution in [0.2, 0.25) is 0 Å². The standard InChI is InChI=1S/C17H23NOS/c1-4-15-9-10-16(20-15)12-14(18-2)11-13-7-5-6-8-17(13)19-3/h5-10,14,18H,4,11-12H2,1-3H3. The van der Waals surface area contributed by atoms with Crippen molar-refractivity contribution >= 4 is 11.3 Å². The Morgan fingerprint density at radius 1 is 1.10 bits per heavy atom. The maximum Gasteiger partial charge on any atom is 0.122 e.